The minimum Gasteiger partial charge on any atom is -0.385 e. The van der Waals surface area contributed by atoms with Gasteiger partial charge in [-0.05, 0) is 43.2 Å². The Morgan fingerprint density at radius 1 is 1.15 bits per heavy atom. The molecule has 0 aromatic heterocycles. The molecule has 0 atom stereocenters. The van der Waals surface area contributed by atoms with Crippen LogP contribution in [0.4, 0.5) is 13.2 Å². The molecule has 0 amide bonds. The number of hydrogen-bond donors (Lipinski definition) is 1. The van der Waals surface area contributed by atoms with Crippen molar-refractivity contribution in [2.45, 2.75) is 57.2 Å². The lowest BCUT2D eigenvalue weighted by atomic mass is 9.75. The molecular weight excluding hydrogens is 265 g/mol. The van der Waals surface area contributed by atoms with Crippen LogP contribution in [0.15, 0.2) is 24.3 Å². The van der Waals surface area contributed by atoms with Crippen LogP contribution in [0.25, 0.3) is 0 Å². The second-order valence-electron chi connectivity index (χ2n) is 5.79. The van der Waals surface area contributed by atoms with Crippen LogP contribution in [-0.4, -0.2) is 11.3 Å². The molecule has 1 nitrogen and oxygen atoms in total. The van der Waals surface area contributed by atoms with E-state index in [0.29, 0.717) is 0 Å². The molecule has 0 bridgehead atoms. The normalized spacial score (nSPS) is 27.6. The molecule has 112 valence electrons. The quantitative estimate of drug-likeness (QED) is 0.862. The zero-order chi connectivity index (χ0) is 14.8. The molecule has 1 aliphatic rings. The zero-order valence-corrected chi connectivity index (χ0v) is 11.7. The largest absolute Gasteiger partial charge is 0.391 e. The zero-order valence-electron chi connectivity index (χ0n) is 11.7. The van der Waals surface area contributed by atoms with E-state index < -0.39 is 17.7 Å². The molecule has 20 heavy (non-hydrogen) atoms. The second-order valence-corrected chi connectivity index (χ2v) is 5.79. The summed E-state index contributed by atoms with van der Waals surface area (Å²) >= 11 is 0. The highest BCUT2D eigenvalue weighted by molar-refractivity contribution is 5.27. The highest BCUT2D eigenvalue weighted by Gasteiger charge is 2.45. The Balaban J connectivity index is 2.05. The highest BCUT2D eigenvalue weighted by atomic mass is 19.4. The summed E-state index contributed by atoms with van der Waals surface area (Å²) in [5.41, 5.74) is 0.855. The fourth-order valence-electron chi connectivity index (χ4n) is 2.98. The van der Waals surface area contributed by atoms with Gasteiger partial charge in [0.1, 0.15) is 0 Å². The molecule has 0 heterocycles. The van der Waals surface area contributed by atoms with Crippen molar-refractivity contribution in [3.63, 3.8) is 0 Å². The van der Waals surface area contributed by atoms with Crippen LogP contribution in [0.3, 0.4) is 0 Å². The molecular formula is C16H21F3O. The predicted octanol–water partition coefficient (Wildman–Crippen LogP) is 4.58. The van der Waals surface area contributed by atoms with E-state index in [-0.39, 0.29) is 25.7 Å². The first-order valence-corrected chi connectivity index (χ1v) is 7.23. The Hall–Kier alpha value is -1.03. The van der Waals surface area contributed by atoms with Gasteiger partial charge in [0.05, 0.1) is 11.5 Å². The summed E-state index contributed by atoms with van der Waals surface area (Å²) < 4.78 is 38.0. The van der Waals surface area contributed by atoms with Gasteiger partial charge in [0.2, 0.25) is 0 Å². The average Bonchev–Trinajstić information content (AvgIpc) is 2.39. The number of alkyl halides is 3. The molecule has 1 aromatic carbocycles. The molecule has 0 aliphatic heterocycles. The summed E-state index contributed by atoms with van der Waals surface area (Å²) in [5.74, 6) is -1.26. The summed E-state index contributed by atoms with van der Waals surface area (Å²) in [5, 5.41) is 10.6. The van der Waals surface area contributed by atoms with Crippen LogP contribution < -0.4 is 0 Å². The van der Waals surface area contributed by atoms with Crippen molar-refractivity contribution in [3.8, 4) is 0 Å². The van der Waals surface area contributed by atoms with E-state index >= 15 is 0 Å². The molecule has 1 N–H and O–H groups in total. The third kappa shape index (κ3) is 3.35. The van der Waals surface area contributed by atoms with Gasteiger partial charge >= 0.3 is 6.18 Å². The molecule has 4 heteroatoms. The minimum absolute atomic E-state index is 0.0106. The number of halogens is 3. The van der Waals surface area contributed by atoms with Crippen molar-refractivity contribution in [3.05, 3.63) is 35.4 Å². The van der Waals surface area contributed by atoms with E-state index in [4.69, 9.17) is 0 Å². The van der Waals surface area contributed by atoms with Crippen LogP contribution >= 0.6 is 0 Å². The molecule has 0 spiro atoms. The lowest BCUT2D eigenvalue weighted by molar-refractivity contribution is -0.193. The van der Waals surface area contributed by atoms with Crippen molar-refractivity contribution in [2.75, 3.05) is 0 Å². The maximum atomic E-state index is 12.7. The summed E-state index contributed by atoms with van der Waals surface area (Å²) in [6.07, 6.45) is -1.71. The van der Waals surface area contributed by atoms with Crippen LogP contribution in [0.1, 0.15) is 50.2 Å². The Bertz CT molecular complexity index is 428. The van der Waals surface area contributed by atoms with Gasteiger partial charge in [-0.3, -0.25) is 0 Å². The summed E-state index contributed by atoms with van der Waals surface area (Å²) in [4.78, 5) is 0. The van der Waals surface area contributed by atoms with Gasteiger partial charge in [-0.25, -0.2) is 0 Å². The summed E-state index contributed by atoms with van der Waals surface area (Å²) in [7, 11) is 0. The van der Waals surface area contributed by atoms with Crippen molar-refractivity contribution < 1.29 is 18.3 Å². The third-order valence-electron chi connectivity index (χ3n) is 4.31. The SMILES string of the molecule is CCCc1ccc(C2(O)CCC(C(F)(F)F)CC2)cc1. The molecule has 0 saturated heterocycles. The van der Waals surface area contributed by atoms with Gasteiger partial charge in [-0.1, -0.05) is 37.6 Å². The number of aliphatic hydroxyl groups is 1. The minimum atomic E-state index is -4.13. The molecule has 1 saturated carbocycles. The van der Waals surface area contributed by atoms with Gasteiger partial charge in [-0.15, -0.1) is 0 Å². The summed E-state index contributed by atoms with van der Waals surface area (Å²) in [6, 6.07) is 7.65. The van der Waals surface area contributed by atoms with Crippen molar-refractivity contribution in [1.29, 1.82) is 0 Å². The number of benzene rings is 1. The van der Waals surface area contributed by atoms with Gasteiger partial charge < -0.3 is 5.11 Å². The fourth-order valence-corrected chi connectivity index (χ4v) is 2.98. The monoisotopic (exact) mass is 286 g/mol. The highest BCUT2D eigenvalue weighted by Crippen LogP contribution is 2.45. The van der Waals surface area contributed by atoms with Gasteiger partial charge in [-0.2, -0.15) is 13.2 Å². The van der Waals surface area contributed by atoms with E-state index in [1.165, 1.54) is 5.56 Å². The Kier molecular flexibility index (Phi) is 4.43. The Labute approximate surface area is 117 Å². The molecule has 0 unspecified atom stereocenters. The van der Waals surface area contributed by atoms with Gasteiger partial charge in [0.15, 0.2) is 0 Å². The average molecular weight is 286 g/mol. The van der Waals surface area contributed by atoms with Gasteiger partial charge in [0.25, 0.3) is 0 Å². The first kappa shape index (κ1) is 15.4. The first-order valence-electron chi connectivity index (χ1n) is 7.23. The van der Waals surface area contributed by atoms with Crippen LogP contribution in [0.2, 0.25) is 0 Å². The smallest absolute Gasteiger partial charge is 0.385 e. The lowest BCUT2D eigenvalue weighted by Crippen LogP contribution is -2.36. The van der Waals surface area contributed by atoms with E-state index in [0.717, 1.165) is 18.4 Å². The molecule has 0 radical (unpaired) electrons. The van der Waals surface area contributed by atoms with Crippen molar-refractivity contribution >= 4 is 0 Å². The van der Waals surface area contributed by atoms with Crippen LogP contribution in [0.5, 0.6) is 0 Å². The molecule has 2 rings (SSSR count). The number of hydrogen-bond acceptors (Lipinski definition) is 1. The standard InChI is InChI=1S/C16H21F3O/c1-2-3-12-4-6-13(7-5-12)15(20)10-8-14(9-11-15)16(17,18)19/h4-7,14,20H,2-3,8-11H2,1H3. The molecule has 1 aliphatic carbocycles. The van der Waals surface area contributed by atoms with E-state index in [1.807, 2.05) is 24.3 Å². The maximum absolute atomic E-state index is 12.7. The molecule has 1 fully saturated rings. The second kappa shape index (κ2) is 5.76. The van der Waals surface area contributed by atoms with Crippen molar-refractivity contribution in [1.82, 2.24) is 0 Å². The van der Waals surface area contributed by atoms with Crippen molar-refractivity contribution in [2.24, 2.45) is 5.92 Å². The third-order valence-corrected chi connectivity index (χ3v) is 4.31. The predicted molar refractivity (Wildman–Crippen MR) is 72.3 cm³/mol. The Morgan fingerprint density at radius 3 is 2.15 bits per heavy atom. The topological polar surface area (TPSA) is 20.2 Å². The van der Waals surface area contributed by atoms with Crippen LogP contribution in [0, 0.1) is 5.92 Å². The summed E-state index contributed by atoms with van der Waals surface area (Å²) in [6.45, 7) is 2.10. The number of rotatable bonds is 3. The number of aryl methyl sites for hydroxylation is 1. The fraction of sp³-hybridized carbons (Fsp3) is 0.625. The van der Waals surface area contributed by atoms with E-state index in [2.05, 4.69) is 6.92 Å². The first-order chi connectivity index (χ1) is 9.35. The van der Waals surface area contributed by atoms with Crippen LogP contribution in [-0.2, 0) is 12.0 Å². The molecule has 1 aromatic rings. The maximum Gasteiger partial charge on any atom is 0.391 e. The lowest BCUT2D eigenvalue weighted by Gasteiger charge is -2.37. The van der Waals surface area contributed by atoms with E-state index in [1.54, 1.807) is 0 Å². The van der Waals surface area contributed by atoms with E-state index in [9.17, 15) is 18.3 Å². The van der Waals surface area contributed by atoms with Gasteiger partial charge in [0, 0.05) is 0 Å². The Morgan fingerprint density at radius 2 is 1.70 bits per heavy atom.